The van der Waals surface area contributed by atoms with Crippen LogP contribution in [0.1, 0.15) is 34.0 Å². The number of carbonyl (C=O) groups is 2. The van der Waals surface area contributed by atoms with Crippen molar-refractivity contribution in [3.05, 3.63) is 27.4 Å². The monoisotopic (exact) mass is 281 g/mol. The molecule has 94 valence electrons. The zero-order chi connectivity index (χ0) is 13.1. The number of hydrogen-bond acceptors (Lipinski definition) is 6. The minimum atomic E-state index is -0.541. The van der Waals surface area contributed by atoms with Gasteiger partial charge in [-0.15, -0.1) is 11.3 Å². The van der Waals surface area contributed by atoms with Crippen LogP contribution in [0, 0.1) is 0 Å². The Morgan fingerprint density at radius 2 is 2.22 bits per heavy atom. The highest BCUT2D eigenvalue weighted by Crippen LogP contribution is 2.30. The zero-order valence-corrected chi connectivity index (χ0v) is 11.6. The Morgan fingerprint density at radius 1 is 1.44 bits per heavy atom. The molecule has 0 saturated carbocycles. The van der Waals surface area contributed by atoms with E-state index in [1.165, 1.54) is 18.3 Å². The summed E-state index contributed by atoms with van der Waals surface area (Å²) in [5, 5.41) is 4.52. The first-order valence-electron chi connectivity index (χ1n) is 5.35. The minimum absolute atomic E-state index is 0.121. The number of Topliss-reactive ketones (excluding diaryl/α,β-unsaturated/α-hetero) is 1. The number of esters is 1. The van der Waals surface area contributed by atoms with E-state index in [4.69, 9.17) is 4.74 Å². The van der Waals surface area contributed by atoms with Gasteiger partial charge in [0.1, 0.15) is 9.88 Å². The number of thiophene rings is 1. The first-order chi connectivity index (χ1) is 8.63. The van der Waals surface area contributed by atoms with Crippen LogP contribution in [-0.4, -0.2) is 23.3 Å². The van der Waals surface area contributed by atoms with Crippen molar-refractivity contribution in [3.8, 4) is 10.6 Å². The molecule has 2 aromatic heterocycles. The van der Waals surface area contributed by atoms with Gasteiger partial charge in [-0.2, -0.15) is 11.3 Å². The van der Waals surface area contributed by atoms with E-state index < -0.39 is 5.97 Å². The summed E-state index contributed by atoms with van der Waals surface area (Å²) in [5.74, 6) is -0.711. The predicted molar refractivity (Wildman–Crippen MR) is 71.4 cm³/mol. The lowest BCUT2D eigenvalue weighted by Crippen LogP contribution is -2.09. The quantitative estimate of drug-likeness (QED) is 0.637. The normalized spacial score (nSPS) is 10.3. The second kappa shape index (κ2) is 5.41. The van der Waals surface area contributed by atoms with Crippen molar-refractivity contribution >= 4 is 34.4 Å². The molecule has 2 rings (SSSR count). The van der Waals surface area contributed by atoms with Crippen LogP contribution in [0.5, 0.6) is 0 Å². The Bertz CT molecular complexity index is 572. The lowest BCUT2D eigenvalue weighted by Gasteiger charge is -1.98. The largest absolute Gasteiger partial charge is 0.461 e. The third-order valence-electron chi connectivity index (χ3n) is 2.18. The van der Waals surface area contributed by atoms with Crippen LogP contribution in [0.25, 0.3) is 10.6 Å². The highest BCUT2D eigenvalue weighted by atomic mass is 32.1. The maximum absolute atomic E-state index is 11.7. The van der Waals surface area contributed by atoms with Gasteiger partial charge in [0.2, 0.25) is 0 Å². The molecule has 0 unspecified atom stereocenters. The summed E-state index contributed by atoms with van der Waals surface area (Å²) in [6.45, 7) is 3.41. The van der Waals surface area contributed by atoms with Crippen molar-refractivity contribution in [2.24, 2.45) is 0 Å². The van der Waals surface area contributed by atoms with Crippen LogP contribution in [0.3, 0.4) is 0 Å². The molecule has 2 heterocycles. The molecule has 0 aliphatic rings. The van der Waals surface area contributed by atoms with Crippen LogP contribution in [0.4, 0.5) is 0 Å². The van der Waals surface area contributed by atoms with E-state index in [0.29, 0.717) is 9.88 Å². The van der Waals surface area contributed by atoms with Crippen molar-refractivity contribution in [1.29, 1.82) is 0 Å². The van der Waals surface area contributed by atoms with Gasteiger partial charge in [-0.3, -0.25) is 4.79 Å². The lowest BCUT2D eigenvalue weighted by atomic mass is 10.3. The van der Waals surface area contributed by atoms with Crippen LogP contribution in [-0.2, 0) is 4.74 Å². The molecular weight excluding hydrogens is 270 g/mol. The molecule has 18 heavy (non-hydrogen) atoms. The highest BCUT2D eigenvalue weighted by molar-refractivity contribution is 7.17. The van der Waals surface area contributed by atoms with Crippen LogP contribution >= 0.6 is 22.7 Å². The van der Waals surface area contributed by atoms with E-state index in [9.17, 15) is 9.59 Å². The van der Waals surface area contributed by atoms with E-state index in [1.807, 2.05) is 16.8 Å². The maximum Gasteiger partial charge on any atom is 0.358 e. The Morgan fingerprint density at radius 3 is 2.78 bits per heavy atom. The standard InChI is InChI=1S/C12H11NO3S2/c1-3-16-12(15)9-10(7(2)14)18-11(13-9)8-4-5-17-6-8/h4-6H,3H2,1-2H3. The molecule has 0 bridgehead atoms. The van der Waals surface area contributed by atoms with Gasteiger partial charge in [-0.1, -0.05) is 0 Å². The number of ketones is 1. The smallest absolute Gasteiger partial charge is 0.358 e. The average Bonchev–Trinajstić information content (AvgIpc) is 2.98. The van der Waals surface area contributed by atoms with Gasteiger partial charge in [-0.05, 0) is 18.4 Å². The van der Waals surface area contributed by atoms with Crippen molar-refractivity contribution in [2.45, 2.75) is 13.8 Å². The molecule has 0 spiro atoms. The molecule has 0 radical (unpaired) electrons. The van der Waals surface area contributed by atoms with E-state index in [2.05, 4.69) is 4.98 Å². The van der Waals surface area contributed by atoms with E-state index in [-0.39, 0.29) is 18.1 Å². The summed E-state index contributed by atoms with van der Waals surface area (Å²) in [6, 6.07) is 1.91. The molecule has 0 atom stereocenters. The van der Waals surface area contributed by atoms with Crippen LogP contribution in [0.15, 0.2) is 16.8 Å². The first-order valence-corrected chi connectivity index (χ1v) is 7.11. The fourth-order valence-electron chi connectivity index (χ4n) is 1.41. The van der Waals surface area contributed by atoms with Crippen LogP contribution in [0.2, 0.25) is 0 Å². The number of carbonyl (C=O) groups excluding carboxylic acids is 2. The van der Waals surface area contributed by atoms with Gasteiger partial charge in [0.05, 0.1) is 6.61 Å². The number of rotatable bonds is 4. The summed E-state index contributed by atoms with van der Waals surface area (Å²) < 4.78 is 4.91. The molecular formula is C12H11NO3S2. The minimum Gasteiger partial charge on any atom is -0.461 e. The Balaban J connectivity index is 2.45. The predicted octanol–water partition coefficient (Wildman–Crippen LogP) is 3.25. The number of thiazole rings is 1. The fourth-order valence-corrected chi connectivity index (χ4v) is 3.07. The van der Waals surface area contributed by atoms with E-state index >= 15 is 0 Å². The SMILES string of the molecule is CCOC(=O)c1nc(-c2ccsc2)sc1C(C)=O. The first kappa shape index (κ1) is 12.9. The summed E-state index contributed by atoms with van der Waals surface area (Å²) in [4.78, 5) is 27.8. The molecule has 0 amide bonds. The Hall–Kier alpha value is -1.53. The molecule has 0 saturated heterocycles. The van der Waals surface area contributed by atoms with E-state index in [0.717, 1.165) is 5.56 Å². The number of aromatic nitrogens is 1. The summed E-state index contributed by atoms with van der Waals surface area (Å²) >= 11 is 2.77. The lowest BCUT2D eigenvalue weighted by molar-refractivity contribution is 0.0517. The molecule has 0 aromatic carbocycles. The second-order valence-corrected chi connectivity index (χ2v) is 5.26. The second-order valence-electron chi connectivity index (χ2n) is 3.49. The summed E-state index contributed by atoms with van der Waals surface area (Å²) in [7, 11) is 0. The Labute approximate surface area is 112 Å². The Kier molecular flexibility index (Phi) is 3.88. The third kappa shape index (κ3) is 2.49. The van der Waals surface area contributed by atoms with Crippen molar-refractivity contribution in [2.75, 3.05) is 6.61 Å². The van der Waals surface area contributed by atoms with Crippen molar-refractivity contribution in [3.63, 3.8) is 0 Å². The molecule has 2 aromatic rings. The van der Waals surface area contributed by atoms with Gasteiger partial charge in [0, 0.05) is 17.9 Å². The fraction of sp³-hybridized carbons (Fsp3) is 0.250. The van der Waals surface area contributed by atoms with Gasteiger partial charge in [-0.25, -0.2) is 9.78 Å². The molecule has 0 aliphatic heterocycles. The van der Waals surface area contributed by atoms with Gasteiger partial charge < -0.3 is 4.74 Å². The maximum atomic E-state index is 11.7. The van der Waals surface area contributed by atoms with E-state index in [1.54, 1.807) is 18.3 Å². The summed E-state index contributed by atoms with van der Waals surface area (Å²) in [5.41, 5.74) is 1.04. The van der Waals surface area contributed by atoms with Gasteiger partial charge in [0.15, 0.2) is 11.5 Å². The topological polar surface area (TPSA) is 56.3 Å². The van der Waals surface area contributed by atoms with Crippen LogP contribution < -0.4 is 0 Å². The summed E-state index contributed by atoms with van der Waals surface area (Å²) in [6.07, 6.45) is 0. The molecule has 6 heteroatoms. The zero-order valence-electron chi connectivity index (χ0n) is 9.93. The number of nitrogens with zero attached hydrogens (tertiary/aromatic N) is 1. The molecule has 0 N–H and O–H groups in total. The average molecular weight is 281 g/mol. The van der Waals surface area contributed by atoms with Gasteiger partial charge in [0.25, 0.3) is 0 Å². The number of ether oxygens (including phenoxy) is 1. The molecule has 0 aliphatic carbocycles. The molecule has 4 nitrogen and oxygen atoms in total. The highest BCUT2D eigenvalue weighted by Gasteiger charge is 2.22. The van der Waals surface area contributed by atoms with Crippen molar-refractivity contribution < 1.29 is 14.3 Å². The molecule has 0 fully saturated rings. The number of hydrogen-bond donors (Lipinski definition) is 0. The third-order valence-corrected chi connectivity index (χ3v) is 4.07. The van der Waals surface area contributed by atoms with Gasteiger partial charge >= 0.3 is 5.97 Å². The van der Waals surface area contributed by atoms with Crippen molar-refractivity contribution in [1.82, 2.24) is 4.98 Å².